The fourth-order valence-corrected chi connectivity index (χ4v) is 1.89. The third kappa shape index (κ3) is 3.39. The molecule has 98 valence electrons. The Balaban J connectivity index is 2.00. The Morgan fingerprint density at radius 1 is 1.00 bits per heavy atom. The van der Waals surface area contributed by atoms with E-state index >= 15 is 0 Å². The van der Waals surface area contributed by atoms with Crippen LogP contribution in [0.3, 0.4) is 0 Å². The van der Waals surface area contributed by atoms with Crippen LogP contribution in [0.2, 0.25) is 0 Å². The van der Waals surface area contributed by atoms with Gasteiger partial charge >= 0.3 is 0 Å². The van der Waals surface area contributed by atoms with Crippen LogP contribution < -0.4 is 11.1 Å². The van der Waals surface area contributed by atoms with Crippen LogP contribution in [0.4, 0.5) is 4.39 Å². The molecule has 2 aromatic rings. The van der Waals surface area contributed by atoms with Gasteiger partial charge in [-0.2, -0.15) is 0 Å². The van der Waals surface area contributed by atoms with Crippen molar-refractivity contribution in [2.75, 3.05) is 0 Å². The number of benzene rings is 2. The first-order chi connectivity index (χ1) is 9.18. The van der Waals surface area contributed by atoms with Crippen molar-refractivity contribution in [2.24, 2.45) is 5.73 Å². The highest BCUT2D eigenvalue weighted by atomic mass is 19.1. The molecule has 0 heterocycles. The van der Waals surface area contributed by atoms with Gasteiger partial charge in [-0.1, -0.05) is 36.4 Å². The molecule has 2 aromatic carbocycles. The first-order valence-electron chi connectivity index (χ1n) is 6.00. The molecule has 0 atom stereocenters. The zero-order chi connectivity index (χ0) is 13.7. The number of carbonyl (C=O) groups excluding carboxylic acids is 1. The summed E-state index contributed by atoms with van der Waals surface area (Å²) in [6, 6.07) is 13.7. The zero-order valence-corrected chi connectivity index (χ0v) is 10.4. The highest BCUT2D eigenvalue weighted by Gasteiger charge is 2.07. The number of amides is 1. The maximum atomic E-state index is 13.4. The van der Waals surface area contributed by atoms with E-state index < -0.39 is 5.91 Å². The molecule has 4 heteroatoms. The minimum atomic E-state index is -0.455. The highest BCUT2D eigenvalue weighted by Crippen LogP contribution is 2.09. The van der Waals surface area contributed by atoms with E-state index in [1.165, 1.54) is 6.07 Å². The van der Waals surface area contributed by atoms with Gasteiger partial charge in [0.25, 0.3) is 0 Å². The van der Waals surface area contributed by atoms with Gasteiger partial charge in [0.05, 0.1) is 0 Å². The summed E-state index contributed by atoms with van der Waals surface area (Å²) in [5.74, 6) is -0.693. The minimum Gasteiger partial charge on any atom is -0.366 e. The largest absolute Gasteiger partial charge is 0.366 e. The summed E-state index contributed by atoms with van der Waals surface area (Å²) < 4.78 is 13.4. The van der Waals surface area contributed by atoms with Crippen molar-refractivity contribution < 1.29 is 9.18 Å². The molecule has 0 aliphatic carbocycles. The predicted molar refractivity (Wildman–Crippen MR) is 71.9 cm³/mol. The predicted octanol–water partition coefficient (Wildman–Crippen LogP) is 2.21. The van der Waals surface area contributed by atoms with E-state index in [-0.39, 0.29) is 5.82 Å². The van der Waals surface area contributed by atoms with Crippen LogP contribution in [0.1, 0.15) is 21.5 Å². The molecule has 0 aliphatic heterocycles. The van der Waals surface area contributed by atoms with E-state index in [1.54, 1.807) is 30.3 Å². The van der Waals surface area contributed by atoms with Gasteiger partial charge in [0.2, 0.25) is 5.91 Å². The Hall–Kier alpha value is -2.20. The molecule has 0 fully saturated rings. The molecule has 0 spiro atoms. The lowest BCUT2D eigenvalue weighted by Gasteiger charge is -2.08. The lowest BCUT2D eigenvalue weighted by molar-refractivity contribution is 0.0999. The Bertz CT molecular complexity index is 584. The molecule has 19 heavy (non-hydrogen) atoms. The van der Waals surface area contributed by atoms with Gasteiger partial charge in [-0.05, 0) is 17.7 Å². The molecule has 0 bridgehead atoms. The van der Waals surface area contributed by atoms with Gasteiger partial charge in [0, 0.05) is 24.2 Å². The van der Waals surface area contributed by atoms with E-state index in [9.17, 15) is 9.18 Å². The number of halogens is 1. The fourth-order valence-electron chi connectivity index (χ4n) is 1.89. The number of nitrogens with one attached hydrogen (secondary N) is 1. The van der Waals surface area contributed by atoms with Crippen molar-refractivity contribution in [3.63, 3.8) is 0 Å². The second-order valence-corrected chi connectivity index (χ2v) is 4.22. The topological polar surface area (TPSA) is 55.1 Å². The normalized spacial score (nSPS) is 10.4. The number of primary amides is 1. The average Bonchev–Trinajstić information content (AvgIpc) is 2.41. The third-order valence-electron chi connectivity index (χ3n) is 2.87. The molecular weight excluding hydrogens is 243 g/mol. The molecule has 0 unspecified atom stereocenters. The Kier molecular flexibility index (Phi) is 4.26. The molecule has 0 saturated heterocycles. The van der Waals surface area contributed by atoms with Crippen LogP contribution in [-0.2, 0) is 13.1 Å². The van der Waals surface area contributed by atoms with Crippen LogP contribution >= 0.6 is 0 Å². The van der Waals surface area contributed by atoms with Crippen molar-refractivity contribution in [2.45, 2.75) is 13.1 Å². The Morgan fingerprint density at radius 2 is 1.58 bits per heavy atom. The van der Waals surface area contributed by atoms with E-state index in [1.807, 2.05) is 12.1 Å². The summed E-state index contributed by atoms with van der Waals surface area (Å²) >= 11 is 0. The van der Waals surface area contributed by atoms with Gasteiger partial charge in [-0.15, -0.1) is 0 Å². The smallest absolute Gasteiger partial charge is 0.249 e. The van der Waals surface area contributed by atoms with Crippen LogP contribution in [0.25, 0.3) is 0 Å². The summed E-state index contributed by atoms with van der Waals surface area (Å²) in [5.41, 5.74) is 7.19. The number of hydrogen-bond donors (Lipinski definition) is 2. The van der Waals surface area contributed by atoms with Gasteiger partial charge in [0.1, 0.15) is 5.82 Å². The quantitative estimate of drug-likeness (QED) is 0.864. The minimum absolute atomic E-state index is 0.238. The van der Waals surface area contributed by atoms with Crippen LogP contribution in [0, 0.1) is 5.82 Å². The SMILES string of the molecule is NC(=O)c1ccccc1CNCc1ccccc1F. The van der Waals surface area contributed by atoms with Crippen LogP contribution in [0.5, 0.6) is 0 Å². The number of nitrogens with two attached hydrogens (primary N) is 1. The van der Waals surface area contributed by atoms with E-state index in [0.717, 1.165) is 5.56 Å². The third-order valence-corrected chi connectivity index (χ3v) is 2.87. The second-order valence-electron chi connectivity index (χ2n) is 4.22. The molecule has 1 amide bonds. The number of rotatable bonds is 5. The standard InChI is InChI=1S/C15H15FN2O/c16-14-8-4-2-6-12(14)10-18-9-11-5-1-3-7-13(11)15(17)19/h1-8,18H,9-10H2,(H2,17,19). The second kappa shape index (κ2) is 6.11. The first-order valence-corrected chi connectivity index (χ1v) is 6.00. The fraction of sp³-hybridized carbons (Fsp3) is 0.133. The van der Waals surface area contributed by atoms with Crippen molar-refractivity contribution in [1.29, 1.82) is 0 Å². The molecule has 0 radical (unpaired) electrons. The van der Waals surface area contributed by atoms with Crippen LogP contribution in [0.15, 0.2) is 48.5 Å². The highest BCUT2D eigenvalue weighted by molar-refractivity contribution is 5.94. The maximum Gasteiger partial charge on any atom is 0.249 e. The maximum absolute atomic E-state index is 13.4. The molecule has 0 saturated carbocycles. The summed E-state index contributed by atoms with van der Waals surface area (Å²) in [6.45, 7) is 0.868. The average molecular weight is 258 g/mol. The summed E-state index contributed by atoms with van der Waals surface area (Å²) in [5, 5.41) is 3.11. The summed E-state index contributed by atoms with van der Waals surface area (Å²) in [7, 11) is 0. The monoisotopic (exact) mass is 258 g/mol. The molecule has 2 rings (SSSR count). The Morgan fingerprint density at radius 3 is 2.26 bits per heavy atom. The van der Waals surface area contributed by atoms with E-state index in [0.29, 0.717) is 24.2 Å². The van der Waals surface area contributed by atoms with Crippen molar-refractivity contribution in [3.05, 3.63) is 71.0 Å². The van der Waals surface area contributed by atoms with Crippen molar-refractivity contribution in [3.8, 4) is 0 Å². The summed E-state index contributed by atoms with van der Waals surface area (Å²) in [4.78, 5) is 11.2. The molecule has 3 nitrogen and oxygen atoms in total. The van der Waals surface area contributed by atoms with Gasteiger partial charge in [-0.3, -0.25) is 4.79 Å². The van der Waals surface area contributed by atoms with E-state index in [2.05, 4.69) is 5.32 Å². The molecule has 0 aromatic heterocycles. The number of carbonyl (C=O) groups is 1. The number of hydrogen-bond acceptors (Lipinski definition) is 2. The lowest BCUT2D eigenvalue weighted by atomic mass is 10.1. The molecular formula is C15H15FN2O. The molecule has 0 aliphatic rings. The zero-order valence-electron chi connectivity index (χ0n) is 10.4. The Labute approximate surface area is 111 Å². The van der Waals surface area contributed by atoms with Crippen molar-refractivity contribution >= 4 is 5.91 Å². The van der Waals surface area contributed by atoms with Gasteiger partial charge < -0.3 is 11.1 Å². The van der Waals surface area contributed by atoms with Crippen molar-refractivity contribution in [1.82, 2.24) is 5.32 Å². The van der Waals surface area contributed by atoms with E-state index in [4.69, 9.17) is 5.73 Å². The van der Waals surface area contributed by atoms with Gasteiger partial charge in [-0.25, -0.2) is 4.39 Å². The molecule has 3 N–H and O–H groups in total. The first kappa shape index (κ1) is 13.2. The lowest BCUT2D eigenvalue weighted by Crippen LogP contribution is -2.19. The van der Waals surface area contributed by atoms with Crippen LogP contribution in [-0.4, -0.2) is 5.91 Å². The summed E-state index contributed by atoms with van der Waals surface area (Å²) in [6.07, 6.45) is 0. The van der Waals surface area contributed by atoms with Gasteiger partial charge in [0.15, 0.2) is 0 Å².